The van der Waals surface area contributed by atoms with Crippen LogP contribution in [0.1, 0.15) is 15.2 Å². The zero-order chi connectivity index (χ0) is 25.4. The molecule has 188 valence electrons. The molecular formula is C24H24N10O2S. The van der Waals surface area contributed by atoms with Crippen molar-refractivity contribution in [1.29, 1.82) is 0 Å². The number of anilines is 2. The fraction of sp³-hybridized carbons (Fsp3) is 0.250. The Balaban J connectivity index is 1.37. The number of H-pyrrole nitrogens is 1. The molecule has 12 nitrogen and oxygen atoms in total. The van der Waals surface area contributed by atoms with Crippen LogP contribution in [0.25, 0.3) is 32.5 Å². The number of nitrogens with zero attached hydrogens (tertiary/aromatic N) is 7. The lowest BCUT2D eigenvalue weighted by Crippen LogP contribution is -2.44. The second-order valence-electron chi connectivity index (χ2n) is 8.74. The highest BCUT2D eigenvalue weighted by Gasteiger charge is 2.21. The Kier molecular flexibility index (Phi) is 6.08. The van der Waals surface area contributed by atoms with Crippen LogP contribution >= 0.6 is 11.3 Å². The molecule has 37 heavy (non-hydrogen) atoms. The molecule has 5 heterocycles. The van der Waals surface area contributed by atoms with Gasteiger partial charge in [-0.05, 0) is 12.1 Å². The topological polar surface area (TPSA) is 148 Å². The van der Waals surface area contributed by atoms with Crippen LogP contribution in [0.2, 0.25) is 0 Å². The van der Waals surface area contributed by atoms with Crippen molar-refractivity contribution >= 4 is 50.1 Å². The number of carbonyl (C=O) groups excluding carboxylic acids is 1. The van der Waals surface area contributed by atoms with Gasteiger partial charge in [0.25, 0.3) is 5.91 Å². The van der Waals surface area contributed by atoms with Gasteiger partial charge in [0.1, 0.15) is 0 Å². The van der Waals surface area contributed by atoms with Crippen molar-refractivity contribution in [2.45, 2.75) is 6.54 Å². The van der Waals surface area contributed by atoms with Crippen LogP contribution in [0, 0.1) is 0 Å². The monoisotopic (exact) mass is 516 g/mol. The van der Waals surface area contributed by atoms with Gasteiger partial charge in [-0.25, -0.2) is 25.4 Å². The Morgan fingerprint density at radius 2 is 2.00 bits per heavy atom. The molecule has 13 heteroatoms. The normalized spacial score (nSPS) is 13.8. The fourth-order valence-electron chi connectivity index (χ4n) is 4.42. The molecule has 1 amide bonds. The molecule has 1 saturated heterocycles. The highest BCUT2D eigenvalue weighted by molar-refractivity contribution is 7.19. The highest BCUT2D eigenvalue weighted by Crippen LogP contribution is 2.36. The summed E-state index contributed by atoms with van der Waals surface area (Å²) in [7, 11) is 1.89. The Bertz CT molecular complexity index is 1580. The summed E-state index contributed by atoms with van der Waals surface area (Å²) in [6.45, 7) is 4.11. The van der Waals surface area contributed by atoms with Crippen molar-refractivity contribution in [2.75, 3.05) is 43.0 Å². The van der Waals surface area contributed by atoms with Gasteiger partial charge in [-0.1, -0.05) is 12.1 Å². The Hall–Kier alpha value is -4.20. The summed E-state index contributed by atoms with van der Waals surface area (Å²) in [6.07, 6.45) is 4.57. The van der Waals surface area contributed by atoms with E-state index in [9.17, 15) is 4.79 Å². The maximum atomic E-state index is 11.6. The second-order valence-corrected chi connectivity index (χ2v) is 9.88. The lowest BCUT2D eigenvalue weighted by molar-refractivity contribution is 0.0705. The minimum absolute atomic E-state index is 0.178. The summed E-state index contributed by atoms with van der Waals surface area (Å²) in [6, 6.07) is 8.10. The van der Waals surface area contributed by atoms with Crippen molar-refractivity contribution in [3.05, 3.63) is 53.3 Å². The molecule has 0 unspecified atom stereocenters. The van der Waals surface area contributed by atoms with E-state index in [1.807, 2.05) is 36.3 Å². The van der Waals surface area contributed by atoms with Crippen molar-refractivity contribution in [1.82, 2.24) is 40.9 Å². The number of aromatic amines is 1. The van der Waals surface area contributed by atoms with Crippen LogP contribution in [-0.2, 0) is 6.54 Å². The van der Waals surface area contributed by atoms with E-state index < -0.39 is 5.91 Å². The number of amides is 1. The number of aromatic nitrogens is 6. The summed E-state index contributed by atoms with van der Waals surface area (Å²) >= 11 is 1.66. The van der Waals surface area contributed by atoms with E-state index in [1.165, 1.54) is 12.4 Å². The Morgan fingerprint density at radius 1 is 1.19 bits per heavy atom. The first-order valence-electron chi connectivity index (χ1n) is 11.8. The van der Waals surface area contributed by atoms with Gasteiger partial charge in [0.15, 0.2) is 11.6 Å². The van der Waals surface area contributed by atoms with E-state index in [2.05, 4.69) is 36.4 Å². The van der Waals surface area contributed by atoms with Gasteiger partial charge in [0, 0.05) is 61.4 Å². The van der Waals surface area contributed by atoms with Crippen molar-refractivity contribution in [3.63, 3.8) is 0 Å². The fourth-order valence-corrected chi connectivity index (χ4v) is 5.59. The lowest BCUT2D eigenvalue weighted by Gasteiger charge is -2.29. The summed E-state index contributed by atoms with van der Waals surface area (Å²) < 4.78 is 1.05. The van der Waals surface area contributed by atoms with Crippen LogP contribution in [0.3, 0.4) is 0 Å². The van der Waals surface area contributed by atoms with E-state index >= 15 is 0 Å². The van der Waals surface area contributed by atoms with Crippen molar-refractivity contribution in [2.24, 2.45) is 0 Å². The summed E-state index contributed by atoms with van der Waals surface area (Å²) in [5, 5.41) is 20.4. The van der Waals surface area contributed by atoms with Gasteiger partial charge >= 0.3 is 0 Å². The lowest BCUT2D eigenvalue weighted by atomic mass is 10.1. The molecule has 4 N–H and O–H groups in total. The number of thiophene rings is 1. The molecule has 0 spiro atoms. The summed E-state index contributed by atoms with van der Waals surface area (Å²) in [5.74, 6) is 1.43. The first kappa shape index (κ1) is 23.2. The smallest absolute Gasteiger partial charge is 0.277 e. The maximum absolute atomic E-state index is 11.6. The van der Waals surface area contributed by atoms with Gasteiger partial charge in [0.05, 0.1) is 34.0 Å². The molecule has 0 atom stereocenters. The number of hydrogen-bond acceptors (Lipinski definition) is 11. The number of fused-ring (bicyclic) bond motifs is 2. The van der Waals surface area contributed by atoms with Gasteiger partial charge in [0.2, 0.25) is 5.95 Å². The molecule has 0 saturated carbocycles. The number of piperazine rings is 1. The van der Waals surface area contributed by atoms with Crippen LogP contribution < -0.4 is 20.6 Å². The quantitative estimate of drug-likeness (QED) is 0.195. The third kappa shape index (κ3) is 4.43. The molecule has 1 fully saturated rings. The van der Waals surface area contributed by atoms with Gasteiger partial charge < -0.3 is 15.1 Å². The van der Waals surface area contributed by atoms with Crippen molar-refractivity contribution in [3.8, 4) is 11.4 Å². The number of carbonyl (C=O) groups is 1. The van der Waals surface area contributed by atoms with Crippen LogP contribution in [-0.4, -0.2) is 74.5 Å². The van der Waals surface area contributed by atoms with Crippen LogP contribution in [0.5, 0.6) is 0 Å². The standard InChI is InChI=1S/C24H24N10O2S/c1-33(24-26-10-14(11-27-24)23(35)32-36)13-15-9-19-20(37-15)22(34-7-5-25-6-8-34)30-21(29-19)16-3-2-4-18-17(16)12-28-31-18/h2-4,9-12,25,36H,5-8,13H2,1H3,(H,28,31)(H,32,35). The average Bonchev–Trinajstić information content (AvgIpc) is 3.59. The zero-order valence-corrected chi connectivity index (χ0v) is 20.8. The molecule has 0 aliphatic carbocycles. The van der Waals surface area contributed by atoms with E-state index in [1.54, 1.807) is 16.8 Å². The van der Waals surface area contributed by atoms with Gasteiger partial charge in [-0.3, -0.25) is 15.1 Å². The van der Waals surface area contributed by atoms with Crippen molar-refractivity contribution < 1.29 is 10.0 Å². The minimum Gasteiger partial charge on any atom is -0.353 e. The van der Waals surface area contributed by atoms with Gasteiger partial charge in [-0.15, -0.1) is 11.3 Å². The van der Waals surface area contributed by atoms with Crippen LogP contribution in [0.4, 0.5) is 11.8 Å². The third-order valence-corrected chi connectivity index (χ3v) is 7.39. The molecule has 4 aromatic heterocycles. The largest absolute Gasteiger partial charge is 0.353 e. The summed E-state index contributed by atoms with van der Waals surface area (Å²) in [4.78, 5) is 35.4. The summed E-state index contributed by atoms with van der Waals surface area (Å²) in [5.41, 5.74) is 4.54. The molecule has 0 radical (unpaired) electrons. The molecule has 1 aliphatic heterocycles. The predicted octanol–water partition coefficient (Wildman–Crippen LogP) is 2.19. The molecule has 1 aliphatic rings. The predicted molar refractivity (Wildman–Crippen MR) is 141 cm³/mol. The number of nitrogens with one attached hydrogen (secondary N) is 3. The average molecular weight is 517 g/mol. The molecule has 6 rings (SSSR count). The first-order chi connectivity index (χ1) is 18.1. The highest BCUT2D eigenvalue weighted by atomic mass is 32.1. The molecule has 5 aromatic rings. The molecule has 0 bridgehead atoms. The van der Waals surface area contributed by atoms with E-state index in [0.717, 1.165) is 63.6 Å². The Labute approximate surface area is 215 Å². The number of hydroxylamine groups is 1. The van der Waals surface area contributed by atoms with Crippen LogP contribution in [0.15, 0.2) is 42.9 Å². The second kappa shape index (κ2) is 9.69. The maximum Gasteiger partial charge on any atom is 0.277 e. The van der Waals surface area contributed by atoms with E-state index in [-0.39, 0.29) is 5.56 Å². The van der Waals surface area contributed by atoms with Gasteiger partial charge in [-0.2, -0.15) is 5.10 Å². The molecular weight excluding hydrogens is 492 g/mol. The van der Waals surface area contributed by atoms with E-state index in [0.29, 0.717) is 18.3 Å². The molecule has 1 aromatic carbocycles. The number of hydrogen-bond donors (Lipinski definition) is 4. The zero-order valence-electron chi connectivity index (χ0n) is 20.0. The Morgan fingerprint density at radius 3 is 2.78 bits per heavy atom. The third-order valence-electron chi connectivity index (χ3n) is 6.28. The number of benzene rings is 1. The van der Waals surface area contributed by atoms with E-state index in [4.69, 9.17) is 15.2 Å². The number of rotatable bonds is 6. The minimum atomic E-state index is -0.653. The first-order valence-corrected chi connectivity index (χ1v) is 12.6. The SMILES string of the molecule is CN(Cc1cc2nc(-c3cccc4[nH]ncc34)nc(N3CCNCC3)c2s1)c1ncc(C(=O)NO)cn1.